The maximum absolute atomic E-state index is 3.80. The third-order valence-electron chi connectivity index (χ3n) is 5.46. The van der Waals surface area contributed by atoms with Gasteiger partial charge in [0.25, 0.3) is 0 Å². The first-order valence-electron chi connectivity index (χ1n) is 7.73. The summed E-state index contributed by atoms with van der Waals surface area (Å²) in [7, 11) is 0. The van der Waals surface area contributed by atoms with E-state index >= 15 is 0 Å². The Morgan fingerprint density at radius 1 is 1.18 bits per heavy atom. The zero-order chi connectivity index (χ0) is 11.7. The molecule has 3 aliphatic carbocycles. The van der Waals surface area contributed by atoms with Crippen molar-refractivity contribution in [3.8, 4) is 0 Å². The minimum atomic E-state index is 0.821. The molecule has 3 aliphatic rings. The van der Waals surface area contributed by atoms with Crippen LogP contribution in [0.25, 0.3) is 0 Å². The molecule has 3 unspecified atom stereocenters. The van der Waals surface area contributed by atoms with Crippen LogP contribution < -0.4 is 5.32 Å². The van der Waals surface area contributed by atoms with Crippen LogP contribution in [0.2, 0.25) is 0 Å². The Hall–Kier alpha value is -0.300. The van der Waals surface area contributed by atoms with Crippen LogP contribution in [0.5, 0.6) is 0 Å². The van der Waals surface area contributed by atoms with Crippen LogP contribution in [-0.2, 0) is 0 Å². The van der Waals surface area contributed by atoms with Crippen LogP contribution in [0.4, 0.5) is 0 Å². The molecule has 1 nitrogen and oxygen atoms in total. The Kier molecular flexibility index (Phi) is 3.56. The molecule has 2 fully saturated rings. The van der Waals surface area contributed by atoms with E-state index in [1.807, 2.05) is 0 Å². The molecule has 0 aromatic carbocycles. The first-order valence-corrected chi connectivity index (χ1v) is 7.73. The van der Waals surface area contributed by atoms with Gasteiger partial charge in [0.2, 0.25) is 0 Å². The zero-order valence-corrected chi connectivity index (χ0v) is 11.2. The summed E-state index contributed by atoms with van der Waals surface area (Å²) < 4.78 is 0. The predicted octanol–water partition coefficient (Wildman–Crippen LogP) is 3.76. The molecule has 3 rings (SSSR count). The molecular weight excluding hydrogens is 206 g/mol. The molecule has 17 heavy (non-hydrogen) atoms. The highest BCUT2D eigenvalue weighted by Crippen LogP contribution is 2.42. The maximum atomic E-state index is 3.80. The van der Waals surface area contributed by atoms with Crippen molar-refractivity contribution in [1.29, 1.82) is 0 Å². The molecule has 0 amide bonds. The van der Waals surface area contributed by atoms with Gasteiger partial charge in [0.05, 0.1) is 0 Å². The average Bonchev–Trinajstić information content (AvgIpc) is 2.68. The lowest BCUT2D eigenvalue weighted by Crippen LogP contribution is -2.48. The SMILES string of the molecule is CC1CCC(CCNC2CC3CC=CC32)CC1. The molecule has 0 saturated heterocycles. The molecule has 0 bridgehead atoms. The predicted molar refractivity (Wildman–Crippen MR) is 72.9 cm³/mol. The smallest absolute Gasteiger partial charge is 0.0136 e. The first-order chi connectivity index (χ1) is 8.33. The van der Waals surface area contributed by atoms with Crippen molar-refractivity contribution in [1.82, 2.24) is 5.32 Å². The van der Waals surface area contributed by atoms with Crippen molar-refractivity contribution in [2.75, 3.05) is 6.54 Å². The Morgan fingerprint density at radius 2 is 2.00 bits per heavy atom. The van der Waals surface area contributed by atoms with Gasteiger partial charge in [-0.05, 0) is 49.5 Å². The van der Waals surface area contributed by atoms with E-state index in [9.17, 15) is 0 Å². The molecule has 0 spiro atoms. The third kappa shape index (κ3) is 2.59. The first kappa shape index (κ1) is 11.8. The topological polar surface area (TPSA) is 12.0 Å². The summed E-state index contributed by atoms with van der Waals surface area (Å²) in [6, 6.07) is 0.821. The minimum Gasteiger partial charge on any atom is -0.313 e. The van der Waals surface area contributed by atoms with Crippen molar-refractivity contribution in [3.05, 3.63) is 12.2 Å². The number of rotatable bonds is 4. The fraction of sp³-hybridized carbons (Fsp3) is 0.875. The van der Waals surface area contributed by atoms with Crippen LogP contribution in [0.3, 0.4) is 0 Å². The minimum absolute atomic E-state index is 0.821. The van der Waals surface area contributed by atoms with Crippen molar-refractivity contribution in [2.45, 2.75) is 57.9 Å². The molecule has 2 saturated carbocycles. The molecule has 0 aromatic heterocycles. The van der Waals surface area contributed by atoms with Crippen molar-refractivity contribution in [3.63, 3.8) is 0 Å². The number of nitrogens with one attached hydrogen (secondary N) is 1. The van der Waals surface area contributed by atoms with Gasteiger partial charge in [-0.25, -0.2) is 0 Å². The van der Waals surface area contributed by atoms with E-state index in [-0.39, 0.29) is 0 Å². The van der Waals surface area contributed by atoms with E-state index < -0.39 is 0 Å². The molecule has 0 aliphatic heterocycles. The van der Waals surface area contributed by atoms with Gasteiger partial charge in [0.1, 0.15) is 0 Å². The lowest BCUT2D eigenvalue weighted by atomic mass is 9.71. The van der Waals surface area contributed by atoms with Gasteiger partial charge in [-0.15, -0.1) is 0 Å². The standard InChI is InChI=1S/C16H27N/c1-12-5-7-13(8-6-12)9-10-17-16-11-14-3-2-4-15(14)16/h2,4,12-17H,3,5-11H2,1H3. The Labute approximate surface area is 106 Å². The number of allylic oxidation sites excluding steroid dienone is 1. The van der Waals surface area contributed by atoms with Crippen molar-refractivity contribution < 1.29 is 0 Å². The van der Waals surface area contributed by atoms with E-state index in [0.717, 1.165) is 29.7 Å². The second kappa shape index (κ2) is 5.14. The highest BCUT2D eigenvalue weighted by Gasteiger charge is 2.40. The molecule has 0 radical (unpaired) electrons. The van der Waals surface area contributed by atoms with Crippen LogP contribution in [0.15, 0.2) is 12.2 Å². The third-order valence-corrected chi connectivity index (χ3v) is 5.46. The summed E-state index contributed by atoms with van der Waals surface area (Å²) in [6.07, 6.45) is 15.0. The highest BCUT2D eigenvalue weighted by molar-refractivity contribution is 5.12. The Balaban J connectivity index is 1.32. The Morgan fingerprint density at radius 3 is 2.76 bits per heavy atom. The average molecular weight is 233 g/mol. The molecule has 96 valence electrons. The zero-order valence-electron chi connectivity index (χ0n) is 11.2. The van der Waals surface area contributed by atoms with Gasteiger partial charge < -0.3 is 5.32 Å². The quantitative estimate of drug-likeness (QED) is 0.729. The van der Waals surface area contributed by atoms with E-state index in [0.29, 0.717) is 0 Å². The normalized spacial score (nSPS) is 44.4. The Bertz CT molecular complexity index is 275. The summed E-state index contributed by atoms with van der Waals surface area (Å²) in [5.41, 5.74) is 0. The largest absolute Gasteiger partial charge is 0.313 e. The molecular formula is C16H27N. The summed E-state index contributed by atoms with van der Waals surface area (Å²) in [5.74, 6) is 3.91. The van der Waals surface area contributed by atoms with Crippen LogP contribution in [0.1, 0.15) is 51.9 Å². The van der Waals surface area contributed by atoms with E-state index in [1.54, 1.807) is 0 Å². The van der Waals surface area contributed by atoms with E-state index in [1.165, 1.54) is 51.5 Å². The van der Waals surface area contributed by atoms with Crippen LogP contribution >= 0.6 is 0 Å². The second-order valence-corrected chi connectivity index (χ2v) is 6.71. The lowest BCUT2D eigenvalue weighted by molar-refractivity contribution is 0.158. The fourth-order valence-electron chi connectivity index (χ4n) is 4.04. The molecule has 1 heteroatoms. The number of hydrogen-bond acceptors (Lipinski definition) is 1. The molecule has 0 aromatic rings. The maximum Gasteiger partial charge on any atom is 0.0136 e. The fourth-order valence-corrected chi connectivity index (χ4v) is 4.04. The van der Waals surface area contributed by atoms with E-state index in [4.69, 9.17) is 0 Å². The van der Waals surface area contributed by atoms with Crippen molar-refractivity contribution in [2.24, 2.45) is 23.7 Å². The van der Waals surface area contributed by atoms with Gasteiger partial charge in [-0.3, -0.25) is 0 Å². The molecule has 0 heterocycles. The van der Waals surface area contributed by atoms with Gasteiger partial charge >= 0.3 is 0 Å². The molecule has 3 atom stereocenters. The monoisotopic (exact) mass is 233 g/mol. The summed E-state index contributed by atoms with van der Waals surface area (Å²) in [4.78, 5) is 0. The molecule has 1 N–H and O–H groups in total. The van der Waals surface area contributed by atoms with Gasteiger partial charge in [-0.1, -0.05) is 44.8 Å². The van der Waals surface area contributed by atoms with Gasteiger partial charge in [-0.2, -0.15) is 0 Å². The lowest BCUT2D eigenvalue weighted by Gasteiger charge is -2.41. The second-order valence-electron chi connectivity index (χ2n) is 6.71. The summed E-state index contributed by atoms with van der Waals surface area (Å²) in [6.45, 7) is 3.68. The summed E-state index contributed by atoms with van der Waals surface area (Å²) in [5, 5.41) is 3.80. The van der Waals surface area contributed by atoms with Crippen molar-refractivity contribution >= 4 is 0 Å². The van der Waals surface area contributed by atoms with Gasteiger partial charge in [0.15, 0.2) is 0 Å². The summed E-state index contributed by atoms with van der Waals surface area (Å²) >= 11 is 0. The highest BCUT2D eigenvalue weighted by atomic mass is 14.9. The van der Waals surface area contributed by atoms with Gasteiger partial charge in [0, 0.05) is 6.04 Å². The number of fused-ring (bicyclic) bond motifs is 1. The van der Waals surface area contributed by atoms with E-state index in [2.05, 4.69) is 24.4 Å². The number of hydrogen-bond donors (Lipinski definition) is 1. The van der Waals surface area contributed by atoms with Crippen LogP contribution in [-0.4, -0.2) is 12.6 Å². The van der Waals surface area contributed by atoms with Crippen LogP contribution in [0, 0.1) is 23.7 Å².